The second-order valence-electron chi connectivity index (χ2n) is 5.45. The van der Waals surface area contributed by atoms with Crippen LogP contribution < -0.4 is 5.32 Å². The Morgan fingerprint density at radius 3 is 2.04 bits per heavy atom. The first-order valence-electron chi connectivity index (χ1n) is 7.54. The summed E-state index contributed by atoms with van der Waals surface area (Å²) in [5, 5.41) is 3.57. The number of nitrogens with one attached hydrogen (secondary N) is 1. The summed E-state index contributed by atoms with van der Waals surface area (Å²) in [5.41, 5.74) is 2.35. The molecule has 0 spiro atoms. The molecule has 3 nitrogen and oxygen atoms in total. The molecule has 1 N–H and O–H groups in total. The molecule has 0 fully saturated rings. The molecule has 0 saturated carbocycles. The van der Waals surface area contributed by atoms with Gasteiger partial charge in [-0.05, 0) is 42.0 Å². The minimum atomic E-state index is -0.460. The lowest BCUT2D eigenvalue weighted by molar-refractivity contribution is -0.115. The maximum Gasteiger partial charge on any atom is 0.243 e. The Kier molecular flexibility index (Phi) is 4.20. The van der Waals surface area contributed by atoms with E-state index in [0.717, 1.165) is 11.3 Å². The lowest BCUT2D eigenvalue weighted by atomic mass is 9.85. The highest BCUT2D eigenvalue weighted by Gasteiger charge is 2.28. The molecule has 1 aliphatic carbocycles. The number of para-hydroxylation sites is 1. The van der Waals surface area contributed by atoms with Crippen LogP contribution in [0.1, 0.15) is 12.5 Å². The molecule has 0 saturated heterocycles. The zero-order valence-corrected chi connectivity index (χ0v) is 12.9. The fourth-order valence-electron chi connectivity index (χ4n) is 2.62. The SMILES string of the molecule is CC(=O)N=C1C=CC(Nc2ccccc2)(c2ccccc2)C=C1. The summed E-state index contributed by atoms with van der Waals surface area (Å²) in [6.07, 6.45) is 7.84. The first-order valence-corrected chi connectivity index (χ1v) is 7.54. The first-order chi connectivity index (χ1) is 11.2. The van der Waals surface area contributed by atoms with Gasteiger partial charge in [-0.15, -0.1) is 0 Å². The molecule has 2 aromatic carbocycles. The van der Waals surface area contributed by atoms with E-state index in [4.69, 9.17) is 0 Å². The van der Waals surface area contributed by atoms with Crippen molar-refractivity contribution in [2.45, 2.75) is 12.5 Å². The summed E-state index contributed by atoms with van der Waals surface area (Å²) in [4.78, 5) is 15.1. The summed E-state index contributed by atoms with van der Waals surface area (Å²) in [6, 6.07) is 20.3. The smallest absolute Gasteiger partial charge is 0.243 e. The number of nitrogens with zero attached hydrogens (tertiary/aromatic N) is 1. The van der Waals surface area contributed by atoms with Gasteiger partial charge in [0.25, 0.3) is 0 Å². The Morgan fingerprint density at radius 1 is 0.913 bits per heavy atom. The van der Waals surface area contributed by atoms with Crippen LogP contribution >= 0.6 is 0 Å². The number of carbonyl (C=O) groups excluding carboxylic acids is 1. The van der Waals surface area contributed by atoms with Crippen LogP contribution in [-0.4, -0.2) is 11.6 Å². The van der Waals surface area contributed by atoms with Crippen molar-refractivity contribution >= 4 is 17.3 Å². The number of allylic oxidation sites excluding steroid dienone is 2. The van der Waals surface area contributed by atoms with Crippen molar-refractivity contribution < 1.29 is 4.79 Å². The molecule has 0 aliphatic heterocycles. The van der Waals surface area contributed by atoms with E-state index in [1.54, 1.807) is 0 Å². The van der Waals surface area contributed by atoms with Gasteiger partial charge >= 0.3 is 0 Å². The fourth-order valence-corrected chi connectivity index (χ4v) is 2.62. The molecule has 0 aromatic heterocycles. The number of amides is 1. The van der Waals surface area contributed by atoms with E-state index in [0.29, 0.717) is 5.71 Å². The Morgan fingerprint density at radius 2 is 1.48 bits per heavy atom. The van der Waals surface area contributed by atoms with Crippen LogP contribution in [0.2, 0.25) is 0 Å². The number of aliphatic imine (C=N–C) groups is 1. The van der Waals surface area contributed by atoms with Crippen molar-refractivity contribution in [1.29, 1.82) is 0 Å². The minimum absolute atomic E-state index is 0.197. The van der Waals surface area contributed by atoms with Gasteiger partial charge in [-0.25, -0.2) is 4.99 Å². The Hall–Kier alpha value is -2.94. The Labute approximate surface area is 136 Å². The van der Waals surface area contributed by atoms with Crippen LogP contribution in [0.3, 0.4) is 0 Å². The van der Waals surface area contributed by atoms with E-state index in [1.165, 1.54) is 6.92 Å². The molecule has 0 atom stereocenters. The molecule has 0 unspecified atom stereocenters. The molecule has 3 rings (SSSR count). The molecule has 1 aliphatic rings. The maximum absolute atomic E-state index is 11.2. The van der Waals surface area contributed by atoms with E-state index >= 15 is 0 Å². The molecule has 1 amide bonds. The Balaban J connectivity index is 2.00. The van der Waals surface area contributed by atoms with E-state index < -0.39 is 5.54 Å². The highest BCUT2D eigenvalue weighted by molar-refractivity contribution is 6.10. The molecule has 0 bridgehead atoms. The van der Waals surface area contributed by atoms with Gasteiger partial charge in [-0.2, -0.15) is 0 Å². The average Bonchev–Trinajstić information content (AvgIpc) is 2.58. The third kappa shape index (κ3) is 3.46. The monoisotopic (exact) mass is 302 g/mol. The van der Waals surface area contributed by atoms with Crippen molar-refractivity contribution in [3.63, 3.8) is 0 Å². The summed E-state index contributed by atoms with van der Waals surface area (Å²) in [5.74, 6) is -0.197. The van der Waals surface area contributed by atoms with Crippen LogP contribution in [0.15, 0.2) is 90.0 Å². The van der Waals surface area contributed by atoms with Gasteiger partial charge in [0.05, 0.1) is 5.71 Å². The third-order valence-corrected chi connectivity index (χ3v) is 3.70. The highest BCUT2D eigenvalue weighted by Crippen LogP contribution is 2.31. The second kappa shape index (κ2) is 6.44. The normalized spacial score (nSPS) is 19.4. The fraction of sp³-hybridized carbons (Fsp3) is 0.100. The quantitative estimate of drug-likeness (QED) is 0.927. The van der Waals surface area contributed by atoms with Crippen LogP contribution in [0, 0.1) is 0 Å². The van der Waals surface area contributed by atoms with Crippen molar-refractivity contribution in [2.75, 3.05) is 5.32 Å². The topological polar surface area (TPSA) is 41.5 Å². The Bertz CT molecular complexity index is 758. The van der Waals surface area contributed by atoms with Gasteiger partial charge in [0.15, 0.2) is 0 Å². The summed E-state index contributed by atoms with van der Waals surface area (Å²) in [6.45, 7) is 1.45. The van der Waals surface area contributed by atoms with Crippen molar-refractivity contribution in [1.82, 2.24) is 0 Å². The van der Waals surface area contributed by atoms with Crippen LogP contribution in [0.5, 0.6) is 0 Å². The van der Waals surface area contributed by atoms with Crippen LogP contribution in [-0.2, 0) is 10.3 Å². The van der Waals surface area contributed by atoms with Gasteiger partial charge in [0.1, 0.15) is 5.54 Å². The number of hydrogen-bond donors (Lipinski definition) is 1. The van der Waals surface area contributed by atoms with E-state index in [-0.39, 0.29) is 5.91 Å². The van der Waals surface area contributed by atoms with Crippen molar-refractivity contribution in [3.8, 4) is 0 Å². The van der Waals surface area contributed by atoms with E-state index in [9.17, 15) is 4.79 Å². The predicted octanol–water partition coefficient (Wildman–Crippen LogP) is 4.11. The first kappa shape index (κ1) is 15.0. The number of benzene rings is 2. The molecule has 2 aromatic rings. The maximum atomic E-state index is 11.2. The summed E-state index contributed by atoms with van der Waals surface area (Å²) >= 11 is 0. The molecule has 114 valence electrons. The molecular weight excluding hydrogens is 284 g/mol. The lowest BCUT2D eigenvalue weighted by Gasteiger charge is -2.32. The molecule has 0 radical (unpaired) electrons. The van der Waals surface area contributed by atoms with Crippen molar-refractivity contribution in [3.05, 3.63) is 90.5 Å². The summed E-state index contributed by atoms with van der Waals surface area (Å²) in [7, 11) is 0. The standard InChI is InChI=1S/C20H18N2O/c1-16(23)21-18-12-14-20(15-13-18,17-8-4-2-5-9-17)22-19-10-6-3-7-11-19/h2-15,22H,1H3. The molecular formula is C20H18N2O. The largest absolute Gasteiger partial charge is 0.369 e. The lowest BCUT2D eigenvalue weighted by Crippen LogP contribution is -2.33. The zero-order valence-electron chi connectivity index (χ0n) is 12.9. The minimum Gasteiger partial charge on any atom is -0.369 e. The average molecular weight is 302 g/mol. The molecule has 0 heterocycles. The second-order valence-corrected chi connectivity index (χ2v) is 5.45. The van der Waals surface area contributed by atoms with Gasteiger partial charge in [0, 0.05) is 12.6 Å². The number of anilines is 1. The van der Waals surface area contributed by atoms with Crippen LogP contribution in [0.4, 0.5) is 5.69 Å². The number of rotatable bonds is 3. The zero-order chi connectivity index (χ0) is 16.1. The highest BCUT2D eigenvalue weighted by atomic mass is 16.1. The predicted molar refractivity (Wildman–Crippen MR) is 94.6 cm³/mol. The number of hydrogen-bond acceptors (Lipinski definition) is 2. The number of carbonyl (C=O) groups is 1. The molecule has 23 heavy (non-hydrogen) atoms. The third-order valence-electron chi connectivity index (χ3n) is 3.70. The van der Waals surface area contributed by atoms with Gasteiger partial charge in [-0.1, -0.05) is 48.5 Å². The van der Waals surface area contributed by atoms with E-state index in [2.05, 4.69) is 22.4 Å². The van der Waals surface area contributed by atoms with Crippen LogP contribution in [0.25, 0.3) is 0 Å². The summed E-state index contributed by atoms with van der Waals surface area (Å²) < 4.78 is 0. The van der Waals surface area contributed by atoms with E-state index in [1.807, 2.05) is 72.8 Å². The van der Waals surface area contributed by atoms with Crippen molar-refractivity contribution in [2.24, 2.45) is 4.99 Å². The van der Waals surface area contributed by atoms with Gasteiger partial charge in [-0.3, -0.25) is 4.79 Å². The van der Waals surface area contributed by atoms with Gasteiger partial charge < -0.3 is 5.32 Å². The van der Waals surface area contributed by atoms with Gasteiger partial charge in [0.2, 0.25) is 5.91 Å². The molecule has 3 heteroatoms.